The molecule has 3 atom stereocenters. The second-order valence-electron chi connectivity index (χ2n) is 22.9. The van der Waals surface area contributed by atoms with Crippen molar-refractivity contribution >= 4 is 19.7 Å². The van der Waals surface area contributed by atoms with Gasteiger partial charge in [-0.25, -0.2) is 4.57 Å². The molecule has 440 valence electrons. The first-order valence-corrected chi connectivity index (χ1v) is 33.5. The van der Waals surface area contributed by atoms with E-state index in [1.165, 1.54) is 193 Å². The van der Waals surface area contributed by atoms with E-state index in [4.69, 9.17) is 13.8 Å². The number of nitrogens with one attached hydrogen (secondary N) is 1. The van der Waals surface area contributed by atoms with Crippen LogP contribution in [0.5, 0.6) is 0 Å². The van der Waals surface area contributed by atoms with Crippen molar-refractivity contribution in [1.82, 2.24) is 5.32 Å². The SMILES string of the molecule is CCCCC/C=C\C/C=C\CCCCCCCCCCCC(=O)OC(/C=C/CCCCCCCCCCCCC)C(COP(=O)(O)OCC[N+](C)(C)C)NC(=O)CCCCCCCCC/C=C/CCCCCCCC. The van der Waals surface area contributed by atoms with E-state index in [2.05, 4.69) is 62.5 Å². The molecule has 2 N–H and O–H groups in total. The van der Waals surface area contributed by atoms with Gasteiger partial charge < -0.3 is 19.4 Å². The Labute approximate surface area is 465 Å². The maximum absolute atomic E-state index is 13.6. The number of ether oxygens (including phenoxy) is 1. The normalized spacial score (nSPS) is 14.0. The van der Waals surface area contributed by atoms with E-state index < -0.39 is 20.0 Å². The topological polar surface area (TPSA) is 111 Å². The highest BCUT2D eigenvalue weighted by Gasteiger charge is 2.30. The third-order valence-electron chi connectivity index (χ3n) is 14.2. The highest BCUT2D eigenvalue weighted by molar-refractivity contribution is 7.47. The first kappa shape index (κ1) is 73.0. The number of likely N-dealkylation sites (N-methyl/N-ethyl adjacent to an activating group) is 1. The molecule has 0 aliphatic heterocycles. The van der Waals surface area contributed by atoms with Gasteiger partial charge in [-0.15, -0.1) is 0 Å². The van der Waals surface area contributed by atoms with Crippen LogP contribution in [0.2, 0.25) is 0 Å². The van der Waals surface area contributed by atoms with Crippen molar-refractivity contribution in [2.24, 2.45) is 0 Å². The predicted molar refractivity (Wildman–Crippen MR) is 323 cm³/mol. The number of amides is 1. The third-order valence-corrected chi connectivity index (χ3v) is 15.2. The number of phosphoric acid groups is 1. The monoisotopic (exact) mass is 1080 g/mol. The van der Waals surface area contributed by atoms with E-state index in [9.17, 15) is 19.0 Å². The van der Waals surface area contributed by atoms with Crippen molar-refractivity contribution < 1.29 is 37.3 Å². The number of rotatable bonds is 58. The lowest BCUT2D eigenvalue weighted by molar-refractivity contribution is -0.870. The van der Waals surface area contributed by atoms with Crippen LogP contribution in [0.25, 0.3) is 0 Å². The molecule has 0 saturated carbocycles. The number of allylic oxidation sites excluding steroid dienone is 7. The average Bonchev–Trinajstić information content (AvgIpc) is 3.37. The lowest BCUT2D eigenvalue weighted by Gasteiger charge is -2.27. The molecule has 0 spiro atoms. The first-order chi connectivity index (χ1) is 36.4. The van der Waals surface area contributed by atoms with Gasteiger partial charge >= 0.3 is 13.8 Å². The Hall–Kier alpha value is -2.03. The van der Waals surface area contributed by atoms with E-state index in [0.29, 0.717) is 17.4 Å². The first-order valence-electron chi connectivity index (χ1n) is 32.0. The van der Waals surface area contributed by atoms with Gasteiger partial charge in [0.05, 0.1) is 33.8 Å². The summed E-state index contributed by atoms with van der Waals surface area (Å²) >= 11 is 0. The summed E-state index contributed by atoms with van der Waals surface area (Å²) in [4.78, 5) is 37.8. The second kappa shape index (κ2) is 55.3. The van der Waals surface area contributed by atoms with Crippen LogP contribution >= 0.6 is 7.82 Å². The fourth-order valence-corrected chi connectivity index (χ4v) is 10.00. The third kappa shape index (κ3) is 56.5. The highest BCUT2D eigenvalue weighted by atomic mass is 31.2. The molecule has 1 amide bonds. The molecule has 0 aliphatic rings. The van der Waals surface area contributed by atoms with Crippen molar-refractivity contribution in [2.45, 2.75) is 315 Å². The van der Waals surface area contributed by atoms with Gasteiger partial charge in [0.15, 0.2) is 0 Å². The molecule has 0 aliphatic carbocycles. The van der Waals surface area contributed by atoms with E-state index >= 15 is 0 Å². The molecule has 75 heavy (non-hydrogen) atoms. The number of phosphoric ester groups is 1. The average molecular weight is 1080 g/mol. The summed E-state index contributed by atoms with van der Waals surface area (Å²) in [6, 6.07) is -0.851. The fourth-order valence-electron chi connectivity index (χ4n) is 9.26. The number of carbonyl (C=O) groups excluding carboxylic acids is 2. The molecule has 0 heterocycles. The fraction of sp³-hybridized carbons (Fsp3) is 0.846. The molecule has 0 rings (SSSR count). The Kier molecular flexibility index (Phi) is 53.8. The summed E-state index contributed by atoms with van der Waals surface area (Å²) in [5, 5.41) is 3.06. The number of hydrogen-bond acceptors (Lipinski definition) is 6. The maximum atomic E-state index is 13.6. The molecule has 0 aromatic rings. The Morgan fingerprint density at radius 1 is 0.467 bits per heavy atom. The molecule has 0 radical (unpaired) electrons. The lowest BCUT2D eigenvalue weighted by atomic mass is 10.0. The molecule has 9 nitrogen and oxygen atoms in total. The molecule has 0 aromatic carbocycles. The Morgan fingerprint density at radius 3 is 1.24 bits per heavy atom. The number of hydrogen-bond donors (Lipinski definition) is 2. The zero-order chi connectivity index (χ0) is 55.0. The Balaban J connectivity index is 5.26. The van der Waals surface area contributed by atoms with Crippen LogP contribution in [0.4, 0.5) is 0 Å². The van der Waals surface area contributed by atoms with Crippen LogP contribution in [0.15, 0.2) is 48.6 Å². The molecule has 0 saturated heterocycles. The van der Waals surface area contributed by atoms with Gasteiger partial charge in [-0.3, -0.25) is 18.6 Å². The van der Waals surface area contributed by atoms with Gasteiger partial charge in [-0.1, -0.05) is 250 Å². The number of quaternary nitrogens is 1. The molecular formula is C65H124N2O7P+. The van der Waals surface area contributed by atoms with Crippen molar-refractivity contribution in [3.63, 3.8) is 0 Å². The van der Waals surface area contributed by atoms with Gasteiger partial charge in [0, 0.05) is 12.8 Å². The minimum absolute atomic E-state index is 0.0392. The zero-order valence-corrected chi connectivity index (χ0v) is 51.2. The molecule has 0 aromatic heterocycles. The van der Waals surface area contributed by atoms with Crippen molar-refractivity contribution in [3.05, 3.63) is 48.6 Å². The van der Waals surface area contributed by atoms with Crippen molar-refractivity contribution in [2.75, 3.05) is 40.9 Å². The minimum Gasteiger partial charge on any atom is -0.456 e. The van der Waals surface area contributed by atoms with E-state index in [1.54, 1.807) is 0 Å². The molecule has 3 unspecified atom stereocenters. The number of carbonyl (C=O) groups is 2. The van der Waals surface area contributed by atoms with Crippen LogP contribution in [-0.4, -0.2) is 74.3 Å². The van der Waals surface area contributed by atoms with Crippen LogP contribution in [0.1, 0.15) is 303 Å². The minimum atomic E-state index is -4.45. The molecule has 0 fully saturated rings. The second-order valence-corrected chi connectivity index (χ2v) is 24.4. The summed E-state index contributed by atoms with van der Waals surface area (Å²) < 4.78 is 30.7. The summed E-state index contributed by atoms with van der Waals surface area (Å²) in [6.07, 6.45) is 68.1. The number of esters is 1. The maximum Gasteiger partial charge on any atom is 0.472 e. The van der Waals surface area contributed by atoms with E-state index in [1.807, 2.05) is 33.3 Å². The quantitative estimate of drug-likeness (QED) is 0.0205. The van der Waals surface area contributed by atoms with Gasteiger partial charge in [-0.05, 0) is 89.5 Å². The highest BCUT2D eigenvalue weighted by Crippen LogP contribution is 2.43. The molecular weight excluding hydrogens is 952 g/mol. The van der Waals surface area contributed by atoms with Crippen molar-refractivity contribution in [3.8, 4) is 0 Å². The van der Waals surface area contributed by atoms with Crippen LogP contribution < -0.4 is 5.32 Å². The zero-order valence-electron chi connectivity index (χ0n) is 50.3. The molecule has 0 bridgehead atoms. The van der Waals surface area contributed by atoms with Crippen LogP contribution in [-0.2, 0) is 27.9 Å². The summed E-state index contributed by atoms with van der Waals surface area (Å²) in [6.45, 7) is 7.01. The van der Waals surface area contributed by atoms with E-state index in [-0.39, 0.29) is 31.5 Å². The summed E-state index contributed by atoms with van der Waals surface area (Å²) in [5.41, 5.74) is 0. The Morgan fingerprint density at radius 2 is 0.813 bits per heavy atom. The van der Waals surface area contributed by atoms with Gasteiger partial charge in [0.25, 0.3) is 0 Å². The predicted octanol–water partition coefficient (Wildman–Crippen LogP) is 19.7. The van der Waals surface area contributed by atoms with Crippen LogP contribution in [0, 0.1) is 0 Å². The summed E-state index contributed by atoms with van der Waals surface area (Å²) in [7, 11) is 1.50. The summed E-state index contributed by atoms with van der Waals surface area (Å²) in [5.74, 6) is -0.505. The van der Waals surface area contributed by atoms with Gasteiger partial charge in [0.2, 0.25) is 5.91 Å². The largest absolute Gasteiger partial charge is 0.472 e. The standard InChI is InChI=1S/C65H123N2O7P/c1-7-10-13-16-19-22-25-28-30-32-33-35-37-40-43-46-49-52-55-58-65(69)74-63(56-53-50-47-44-41-38-27-24-21-18-15-12-9-3)62(61-73-75(70,71)72-60-59-67(4,5)6)66-64(68)57-54-51-48-45-42-39-36-34-31-29-26-23-20-17-14-11-8-2/h19,22,28-31,53,56,62-63H,7-18,20-21,23-27,32-52,54-55,57-61H2,1-6H3,(H-,66,68,70,71)/p+1/b22-19-,30-28-,31-29+,56-53+. The van der Waals surface area contributed by atoms with Gasteiger partial charge in [-0.2, -0.15) is 0 Å². The van der Waals surface area contributed by atoms with Crippen LogP contribution in [0.3, 0.4) is 0 Å². The van der Waals surface area contributed by atoms with Gasteiger partial charge in [0.1, 0.15) is 19.3 Å². The number of unbranched alkanes of at least 4 members (excludes halogenated alkanes) is 36. The Bertz CT molecular complexity index is 1420. The lowest BCUT2D eigenvalue weighted by Crippen LogP contribution is -2.47. The smallest absolute Gasteiger partial charge is 0.456 e. The van der Waals surface area contributed by atoms with Crippen molar-refractivity contribution in [1.29, 1.82) is 0 Å². The van der Waals surface area contributed by atoms with E-state index in [0.717, 1.165) is 77.0 Å². The number of nitrogens with zero attached hydrogens (tertiary/aromatic N) is 1. The molecule has 10 heteroatoms.